The fourth-order valence-electron chi connectivity index (χ4n) is 1.11. The molecular weight excluding hydrogens is 246 g/mol. The van der Waals surface area contributed by atoms with Crippen LogP contribution < -0.4 is 16.4 Å². The first-order chi connectivity index (χ1) is 8.04. The zero-order chi connectivity index (χ0) is 12.8. The van der Waals surface area contributed by atoms with E-state index < -0.39 is 12.0 Å². The first-order valence-corrected chi connectivity index (χ1v) is 5.20. The number of hydrogen-bond donors (Lipinski definition) is 4. The predicted octanol–water partition coefficient (Wildman–Crippen LogP) is 1.12. The van der Waals surface area contributed by atoms with Crippen LogP contribution in [-0.4, -0.2) is 30.2 Å². The van der Waals surface area contributed by atoms with Gasteiger partial charge >= 0.3 is 12.0 Å². The first kappa shape index (κ1) is 13.3. The lowest BCUT2D eigenvalue weighted by atomic mass is 10.2. The van der Waals surface area contributed by atoms with Crippen molar-refractivity contribution in [1.82, 2.24) is 5.32 Å². The largest absolute Gasteiger partial charge is 0.478 e. The number of urea groups is 1. The Morgan fingerprint density at radius 1 is 1.41 bits per heavy atom. The summed E-state index contributed by atoms with van der Waals surface area (Å²) in [5, 5.41) is 14.0. The molecule has 1 aromatic carbocycles. The lowest BCUT2D eigenvalue weighted by Gasteiger charge is -2.08. The van der Waals surface area contributed by atoms with Crippen molar-refractivity contribution >= 4 is 29.3 Å². The highest BCUT2D eigenvalue weighted by Crippen LogP contribution is 2.22. The molecule has 0 saturated heterocycles. The summed E-state index contributed by atoms with van der Waals surface area (Å²) in [5.41, 5.74) is 5.50. The highest BCUT2D eigenvalue weighted by molar-refractivity contribution is 6.33. The Labute approximate surface area is 103 Å². The molecule has 6 nitrogen and oxygen atoms in total. The molecule has 0 spiro atoms. The highest BCUT2D eigenvalue weighted by atomic mass is 35.5. The molecule has 7 heteroatoms. The molecule has 0 bridgehead atoms. The minimum absolute atomic E-state index is 0.0449. The van der Waals surface area contributed by atoms with Crippen molar-refractivity contribution in [2.75, 3.05) is 18.4 Å². The summed E-state index contributed by atoms with van der Waals surface area (Å²) in [5.74, 6) is -1.09. The summed E-state index contributed by atoms with van der Waals surface area (Å²) in [4.78, 5) is 22.1. The van der Waals surface area contributed by atoms with Crippen molar-refractivity contribution in [3.05, 3.63) is 28.8 Å². The van der Waals surface area contributed by atoms with Gasteiger partial charge in [-0.2, -0.15) is 0 Å². The summed E-state index contributed by atoms with van der Waals surface area (Å²) < 4.78 is 0. The van der Waals surface area contributed by atoms with Crippen molar-refractivity contribution in [3.63, 3.8) is 0 Å². The van der Waals surface area contributed by atoms with Gasteiger partial charge in [0.15, 0.2) is 0 Å². The standard InChI is InChI=1S/C10H12ClN3O3/c11-7-2-1-6(9(15)16)5-8(7)14-10(17)13-4-3-12/h1-2,5H,3-4,12H2,(H,15,16)(H2,13,14,17). The average Bonchev–Trinajstić information content (AvgIpc) is 2.29. The molecule has 0 aliphatic rings. The van der Waals surface area contributed by atoms with E-state index in [1.165, 1.54) is 18.2 Å². The molecule has 1 rings (SSSR count). The second-order valence-corrected chi connectivity index (χ2v) is 3.58. The summed E-state index contributed by atoms with van der Waals surface area (Å²) in [6.07, 6.45) is 0. The van der Waals surface area contributed by atoms with Gasteiger partial charge in [-0.25, -0.2) is 9.59 Å². The number of amides is 2. The Bertz CT molecular complexity index is 437. The van der Waals surface area contributed by atoms with Gasteiger partial charge in [0.25, 0.3) is 0 Å². The van der Waals surface area contributed by atoms with Crippen molar-refractivity contribution in [2.45, 2.75) is 0 Å². The van der Waals surface area contributed by atoms with Crippen LogP contribution in [0.3, 0.4) is 0 Å². The van der Waals surface area contributed by atoms with E-state index in [-0.39, 0.29) is 16.3 Å². The molecule has 0 saturated carbocycles. The number of carboxylic acids is 1. The van der Waals surface area contributed by atoms with Crippen LogP contribution in [0.15, 0.2) is 18.2 Å². The quantitative estimate of drug-likeness (QED) is 0.649. The van der Waals surface area contributed by atoms with Crippen LogP contribution in [0.4, 0.5) is 10.5 Å². The molecule has 5 N–H and O–H groups in total. The molecule has 0 fully saturated rings. The number of nitrogens with one attached hydrogen (secondary N) is 2. The third-order valence-corrected chi connectivity index (χ3v) is 2.22. The van der Waals surface area contributed by atoms with Gasteiger partial charge in [-0.15, -0.1) is 0 Å². The summed E-state index contributed by atoms with van der Waals surface area (Å²) in [7, 11) is 0. The third kappa shape index (κ3) is 3.93. The molecule has 0 heterocycles. The zero-order valence-corrected chi connectivity index (χ0v) is 9.62. The highest BCUT2D eigenvalue weighted by Gasteiger charge is 2.09. The molecular formula is C10H12ClN3O3. The Morgan fingerprint density at radius 3 is 2.71 bits per heavy atom. The molecule has 17 heavy (non-hydrogen) atoms. The number of benzene rings is 1. The van der Waals surface area contributed by atoms with E-state index in [4.69, 9.17) is 22.4 Å². The van der Waals surface area contributed by atoms with E-state index in [0.717, 1.165) is 0 Å². The number of halogens is 1. The van der Waals surface area contributed by atoms with E-state index >= 15 is 0 Å². The predicted molar refractivity (Wildman–Crippen MR) is 64.5 cm³/mol. The Kier molecular flexibility index (Phi) is 4.74. The van der Waals surface area contributed by atoms with Crippen molar-refractivity contribution in [1.29, 1.82) is 0 Å². The van der Waals surface area contributed by atoms with E-state index in [1.807, 2.05) is 0 Å². The fraction of sp³-hybridized carbons (Fsp3) is 0.200. The van der Waals surface area contributed by atoms with Crippen LogP contribution in [0, 0.1) is 0 Å². The summed E-state index contributed by atoms with van der Waals surface area (Å²) in [6, 6.07) is 3.56. The van der Waals surface area contributed by atoms with Crippen molar-refractivity contribution in [3.8, 4) is 0 Å². The van der Waals surface area contributed by atoms with Gasteiger partial charge < -0.3 is 21.5 Å². The first-order valence-electron chi connectivity index (χ1n) is 4.82. The number of aromatic carboxylic acids is 1. The second kappa shape index (κ2) is 6.07. The Hall–Kier alpha value is -1.79. The molecule has 1 aromatic rings. The maximum absolute atomic E-state index is 11.3. The van der Waals surface area contributed by atoms with E-state index in [1.54, 1.807) is 0 Å². The van der Waals surface area contributed by atoms with E-state index in [0.29, 0.717) is 13.1 Å². The van der Waals surface area contributed by atoms with Crippen LogP contribution in [0.1, 0.15) is 10.4 Å². The van der Waals surface area contributed by atoms with Gasteiger partial charge in [-0.05, 0) is 18.2 Å². The molecule has 2 amide bonds. The lowest BCUT2D eigenvalue weighted by Crippen LogP contribution is -2.33. The van der Waals surface area contributed by atoms with E-state index in [2.05, 4.69) is 10.6 Å². The summed E-state index contributed by atoms with van der Waals surface area (Å²) >= 11 is 5.82. The van der Waals surface area contributed by atoms with Gasteiger partial charge in [-0.1, -0.05) is 11.6 Å². The van der Waals surface area contributed by atoms with Crippen molar-refractivity contribution in [2.24, 2.45) is 5.73 Å². The molecule has 0 aliphatic heterocycles. The number of carboxylic acid groups (broad SMARTS) is 1. The third-order valence-electron chi connectivity index (χ3n) is 1.89. The normalized spacial score (nSPS) is 9.76. The monoisotopic (exact) mass is 257 g/mol. The SMILES string of the molecule is NCCNC(=O)Nc1cc(C(=O)O)ccc1Cl. The van der Waals surface area contributed by atoms with Gasteiger partial charge in [-0.3, -0.25) is 0 Å². The smallest absolute Gasteiger partial charge is 0.335 e. The van der Waals surface area contributed by atoms with E-state index in [9.17, 15) is 9.59 Å². The maximum atomic E-state index is 11.3. The van der Waals surface area contributed by atoms with Gasteiger partial charge in [0.05, 0.1) is 16.3 Å². The fourth-order valence-corrected chi connectivity index (χ4v) is 1.27. The number of carbonyl (C=O) groups is 2. The van der Waals surface area contributed by atoms with Crippen LogP contribution in [0.25, 0.3) is 0 Å². The Morgan fingerprint density at radius 2 is 2.12 bits per heavy atom. The number of rotatable bonds is 4. The summed E-state index contributed by atoms with van der Waals surface area (Å²) in [6.45, 7) is 0.637. The molecule has 0 radical (unpaired) electrons. The minimum Gasteiger partial charge on any atom is -0.478 e. The zero-order valence-electron chi connectivity index (χ0n) is 8.87. The Balaban J connectivity index is 2.79. The average molecular weight is 258 g/mol. The van der Waals surface area contributed by atoms with Crippen LogP contribution in [-0.2, 0) is 0 Å². The van der Waals surface area contributed by atoms with Crippen LogP contribution in [0.5, 0.6) is 0 Å². The second-order valence-electron chi connectivity index (χ2n) is 3.17. The molecule has 0 unspecified atom stereocenters. The van der Waals surface area contributed by atoms with Crippen LogP contribution >= 0.6 is 11.6 Å². The van der Waals surface area contributed by atoms with Gasteiger partial charge in [0.1, 0.15) is 0 Å². The number of carbonyl (C=O) groups excluding carboxylic acids is 1. The minimum atomic E-state index is -1.09. The maximum Gasteiger partial charge on any atom is 0.335 e. The lowest BCUT2D eigenvalue weighted by molar-refractivity contribution is 0.0697. The number of nitrogens with two attached hydrogens (primary N) is 1. The van der Waals surface area contributed by atoms with Crippen LogP contribution in [0.2, 0.25) is 5.02 Å². The molecule has 0 aromatic heterocycles. The molecule has 0 atom stereocenters. The molecule has 92 valence electrons. The van der Waals surface area contributed by atoms with Gasteiger partial charge in [0, 0.05) is 13.1 Å². The topological polar surface area (TPSA) is 104 Å². The van der Waals surface area contributed by atoms with Gasteiger partial charge in [0.2, 0.25) is 0 Å². The van der Waals surface area contributed by atoms with Crippen molar-refractivity contribution < 1.29 is 14.7 Å². The number of hydrogen-bond acceptors (Lipinski definition) is 3. The molecule has 0 aliphatic carbocycles. The number of anilines is 1.